The minimum Gasteiger partial charge on any atom is -0.387 e. The Morgan fingerprint density at radius 3 is 2.69 bits per heavy atom. The standard InChI is InChI=1S/C13H18FNO/c1-9-6-7-15-12(8-9)13(16)10-2-4-11(14)5-3-10/h2-5,9,12-13,15-16H,6-8H2,1H3. The minimum absolute atomic E-state index is 0.0919. The molecule has 1 saturated heterocycles. The zero-order valence-electron chi connectivity index (χ0n) is 9.49. The highest BCUT2D eigenvalue weighted by molar-refractivity contribution is 5.20. The topological polar surface area (TPSA) is 32.3 Å². The van der Waals surface area contributed by atoms with Gasteiger partial charge in [-0.15, -0.1) is 0 Å². The molecular formula is C13H18FNO. The zero-order valence-corrected chi connectivity index (χ0v) is 9.49. The molecule has 3 heteroatoms. The lowest BCUT2D eigenvalue weighted by Crippen LogP contribution is -2.41. The minimum atomic E-state index is -0.539. The number of halogens is 1. The number of rotatable bonds is 2. The molecule has 0 amide bonds. The highest BCUT2D eigenvalue weighted by Crippen LogP contribution is 2.25. The van der Waals surface area contributed by atoms with Crippen LogP contribution in [0.3, 0.4) is 0 Å². The number of nitrogens with one attached hydrogen (secondary N) is 1. The molecule has 0 aromatic heterocycles. The van der Waals surface area contributed by atoms with E-state index in [0.717, 1.165) is 24.9 Å². The van der Waals surface area contributed by atoms with Gasteiger partial charge in [-0.05, 0) is 43.0 Å². The van der Waals surface area contributed by atoms with Crippen LogP contribution in [0.2, 0.25) is 0 Å². The summed E-state index contributed by atoms with van der Waals surface area (Å²) in [5, 5.41) is 13.5. The third-order valence-corrected chi connectivity index (χ3v) is 3.29. The second kappa shape index (κ2) is 4.93. The van der Waals surface area contributed by atoms with Gasteiger partial charge in [0.05, 0.1) is 6.10 Å². The lowest BCUT2D eigenvalue weighted by Gasteiger charge is -2.31. The fraction of sp³-hybridized carbons (Fsp3) is 0.538. The molecule has 1 aliphatic rings. The summed E-state index contributed by atoms with van der Waals surface area (Å²) in [4.78, 5) is 0. The molecule has 0 spiro atoms. The molecule has 88 valence electrons. The van der Waals surface area contributed by atoms with Gasteiger partial charge in [0.25, 0.3) is 0 Å². The van der Waals surface area contributed by atoms with Gasteiger partial charge in [0.2, 0.25) is 0 Å². The number of hydrogen-bond donors (Lipinski definition) is 2. The van der Waals surface area contributed by atoms with Crippen molar-refractivity contribution < 1.29 is 9.50 Å². The number of aliphatic hydroxyl groups excluding tert-OH is 1. The number of aliphatic hydroxyl groups is 1. The molecule has 1 aliphatic heterocycles. The van der Waals surface area contributed by atoms with Crippen LogP contribution in [0.4, 0.5) is 4.39 Å². The number of hydrogen-bond acceptors (Lipinski definition) is 2. The van der Waals surface area contributed by atoms with E-state index < -0.39 is 6.10 Å². The molecule has 2 nitrogen and oxygen atoms in total. The van der Waals surface area contributed by atoms with Crippen LogP contribution in [0, 0.1) is 11.7 Å². The van der Waals surface area contributed by atoms with E-state index in [2.05, 4.69) is 12.2 Å². The smallest absolute Gasteiger partial charge is 0.123 e. The van der Waals surface area contributed by atoms with E-state index in [-0.39, 0.29) is 11.9 Å². The Morgan fingerprint density at radius 2 is 2.06 bits per heavy atom. The first-order chi connectivity index (χ1) is 7.66. The van der Waals surface area contributed by atoms with Gasteiger partial charge in [0.15, 0.2) is 0 Å². The van der Waals surface area contributed by atoms with E-state index in [4.69, 9.17) is 0 Å². The molecule has 3 atom stereocenters. The summed E-state index contributed by atoms with van der Waals surface area (Å²) >= 11 is 0. The van der Waals surface area contributed by atoms with Crippen molar-refractivity contribution >= 4 is 0 Å². The normalized spacial score (nSPS) is 27.7. The average molecular weight is 223 g/mol. The molecule has 1 heterocycles. The maximum Gasteiger partial charge on any atom is 0.123 e. The van der Waals surface area contributed by atoms with Crippen LogP contribution in [0.25, 0.3) is 0 Å². The van der Waals surface area contributed by atoms with Gasteiger partial charge < -0.3 is 10.4 Å². The summed E-state index contributed by atoms with van der Waals surface area (Å²) in [6, 6.07) is 6.19. The maximum atomic E-state index is 12.8. The Morgan fingerprint density at radius 1 is 1.38 bits per heavy atom. The summed E-state index contributed by atoms with van der Waals surface area (Å²) in [5.74, 6) is 0.377. The van der Waals surface area contributed by atoms with Crippen LogP contribution in [-0.2, 0) is 0 Å². The molecule has 16 heavy (non-hydrogen) atoms. The fourth-order valence-electron chi connectivity index (χ4n) is 2.28. The molecule has 3 unspecified atom stereocenters. The van der Waals surface area contributed by atoms with Gasteiger partial charge in [-0.3, -0.25) is 0 Å². The van der Waals surface area contributed by atoms with Gasteiger partial charge in [-0.25, -0.2) is 4.39 Å². The molecule has 1 aromatic carbocycles. The molecular weight excluding hydrogens is 205 g/mol. The van der Waals surface area contributed by atoms with E-state index in [9.17, 15) is 9.50 Å². The maximum absolute atomic E-state index is 12.8. The van der Waals surface area contributed by atoms with Crippen molar-refractivity contribution in [1.29, 1.82) is 0 Å². The summed E-state index contributed by atoms with van der Waals surface area (Å²) < 4.78 is 12.8. The van der Waals surface area contributed by atoms with E-state index in [1.165, 1.54) is 12.1 Å². The van der Waals surface area contributed by atoms with E-state index in [1.807, 2.05) is 0 Å². The van der Waals surface area contributed by atoms with Crippen LogP contribution < -0.4 is 5.32 Å². The highest BCUT2D eigenvalue weighted by Gasteiger charge is 2.25. The third-order valence-electron chi connectivity index (χ3n) is 3.29. The molecule has 0 aliphatic carbocycles. The Kier molecular flexibility index (Phi) is 3.56. The number of benzene rings is 1. The summed E-state index contributed by atoms with van der Waals surface area (Å²) in [6.07, 6.45) is 1.59. The monoisotopic (exact) mass is 223 g/mol. The summed E-state index contributed by atoms with van der Waals surface area (Å²) in [7, 11) is 0. The van der Waals surface area contributed by atoms with Crippen LogP contribution in [0.15, 0.2) is 24.3 Å². The van der Waals surface area contributed by atoms with Crippen LogP contribution in [0.5, 0.6) is 0 Å². The van der Waals surface area contributed by atoms with E-state index >= 15 is 0 Å². The molecule has 1 aromatic rings. The number of piperidine rings is 1. The third kappa shape index (κ3) is 2.60. The first-order valence-corrected chi connectivity index (χ1v) is 5.83. The van der Waals surface area contributed by atoms with Crippen molar-refractivity contribution in [3.63, 3.8) is 0 Å². The highest BCUT2D eigenvalue weighted by atomic mass is 19.1. The first kappa shape index (κ1) is 11.6. The molecule has 0 bridgehead atoms. The molecule has 0 saturated carbocycles. The fourth-order valence-corrected chi connectivity index (χ4v) is 2.28. The lowest BCUT2D eigenvalue weighted by atomic mass is 9.89. The van der Waals surface area contributed by atoms with Gasteiger partial charge >= 0.3 is 0 Å². The molecule has 1 fully saturated rings. The van der Waals surface area contributed by atoms with Gasteiger partial charge in [0.1, 0.15) is 5.82 Å². The van der Waals surface area contributed by atoms with Crippen molar-refractivity contribution in [3.8, 4) is 0 Å². The quantitative estimate of drug-likeness (QED) is 0.806. The predicted molar refractivity (Wildman–Crippen MR) is 61.5 cm³/mol. The van der Waals surface area contributed by atoms with Crippen molar-refractivity contribution in [1.82, 2.24) is 5.32 Å². The molecule has 2 N–H and O–H groups in total. The zero-order chi connectivity index (χ0) is 11.5. The van der Waals surface area contributed by atoms with Gasteiger partial charge in [-0.1, -0.05) is 19.1 Å². The molecule has 0 radical (unpaired) electrons. The average Bonchev–Trinajstić information content (AvgIpc) is 2.29. The van der Waals surface area contributed by atoms with Crippen molar-refractivity contribution in [2.75, 3.05) is 6.54 Å². The van der Waals surface area contributed by atoms with E-state index in [0.29, 0.717) is 5.92 Å². The van der Waals surface area contributed by atoms with Crippen LogP contribution >= 0.6 is 0 Å². The Bertz CT molecular complexity index is 338. The lowest BCUT2D eigenvalue weighted by molar-refractivity contribution is 0.101. The van der Waals surface area contributed by atoms with Gasteiger partial charge in [0, 0.05) is 6.04 Å². The van der Waals surface area contributed by atoms with Crippen molar-refractivity contribution in [2.45, 2.75) is 31.9 Å². The second-order valence-corrected chi connectivity index (χ2v) is 4.69. The van der Waals surface area contributed by atoms with Crippen molar-refractivity contribution in [3.05, 3.63) is 35.6 Å². The largest absolute Gasteiger partial charge is 0.387 e. The van der Waals surface area contributed by atoms with E-state index in [1.54, 1.807) is 12.1 Å². The predicted octanol–water partition coefficient (Wildman–Crippen LogP) is 2.25. The summed E-state index contributed by atoms with van der Waals surface area (Å²) in [6.45, 7) is 3.15. The van der Waals surface area contributed by atoms with Crippen LogP contribution in [-0.4, -0.2) is 17.7 Å². The molecule has 2 rings (SSSR count). The Balaban J connectivity index is 2.06. The Hall–Kier alpha value is -0.930. The Labute approximate surface area is 95.5 Å². The SMILES string of the molecule is CC1CCNC(C(O)c2ccc(F)cc2)C1. The van der Waals surface area contributed by atoms with Gasteiger partial charge in [-0.2, -0.15) is 0 Å². The first-order valence-electron chi connectivity index (χ1n) is 5.83. The van der Waals surface area contributed by atoms with Crippen molar-refractivity contribution in [2.24, 2.45) is 5.92 Å². The van der Waals surface area contributed by atoms with Crippen LogP contribution in [0.1, 0.15) is 31.4 Å². The summed E-state index contributed by atoms with van der Waals surface area (Å²) in [5.41, 5.74) is 0.785. The second-order valence-electron chi connectivity index (χ2n) is 4.69.